The van der Waals surface area contributed by atoms with Gasteiger partial charge in [-0.1, -0.05) is 72.8 Å². The van der Waals surface area contributed by atoms with E-state index in [-0.39, 0.29) is 43.4 Å². The first-order chi connectivity index (χ1) is 21.2. The summed E-state index contributed by atoms with van der Waals surface area (Å²) in [5.41, 5.74) is 4.08. The lowest BCUT2D eigenvalue weighted by Crippen LogP contribution is -2.57. The van der Waals surface area contributed by atoms with Gasteiger partial charge in [0, 0.05) is 32.8 Å². The molecule has 10 nitrogen and oxygen atoms in total. The van der Waals surface area contributed by atoms with Crippen LogP contribution < -0.4 is 10.6 Å². The molecular weight excluding hydrogens is 558 g/mol. The van der Waals surface area contributed by atoms with Crippen LogP contribution in [0.5, 0.6) is 0 Å². The molecule has 5 rings (SSSR count). The monoisotopic (exact) mass is 593 g/mol. The molecule has 0 aliphatic carbocycles. The summed E-state index contributed by atoms with van der Waals surface area (Å²) in [7, 11) is 0. The van der Waals surface area contributed by atoms with Crippen molar-refractivity contribution in [1.29, 1.82) is 0 Å². The number of aromatic nitrogens is 1. The standard InChI is InChI=1S/C34H35N5O5/c1-23(35-24(2)40)32(41)36-29-15-9-10-16-30(29)39-18-17-28(31(39)26-13-7-4-8-14-26)33(42)38-20-19-37(34(43)44)22-27(38)21-25-11-5-3-6-12-25/h3-18,23,27H,19-22H2,1-2H3,(H,35,40)(H,36,41)(H,43,44)/t23?,27-/m1/s1. The summed E-state index contributed by atoms with van der Waals surface area (Å²) in [6, 6.07) is 27.2. The molecule has 1 aromatic heterocycles. The highest BCUT2D eigenvalue weighted by Crippen LogP contribution is 2.33. The van der Waals surface area contributed by atoms with Crippen molar-refractivity contribution in [3.63, 3.8) is 0 Å². The predicted octanol–water partition coefficient (Wildman–Crippen LogP) is 4.65. The summed E-state index contributed by atoms with van der Waals surface area (Å²) in [6.45, 7) is 3.65. The zero-order valence-corrected chi connectivity index (χ0v) is 24.6. The van der Waals surface area contributed by atoms with Crippen LogP contribution in [0, 0.1) is 0 Å². The number of piperazine rings is 1. The molecule has 10 heteroatoms. The van der Waals surface area contributed by atoms with E-state index in [0.29, 0.717) is 29.1 Å². The topological polar surface area (TPSA) is 124 Å². The Morgan fingerprint density at radius 1 is 0.886 bits per heavy atom. The Labute approximate surface area is 255 Å². The summed E-state index contributed by atoms with van der Waals surface area (Å²) in [4.78, 5) is 53.9. The maximum Gasteiger partial charge on any atom is 0.407 e. The molecule has 3 aromatic carbocycles. The fraction of sp³-hybridized carbons (Fsp3) is 0.235. The van der Waals surface area contributed by atoms with E-state index in [2.05, 4.69) is 10.6 Å². The van der Waals surface area contributed by atoms with Crippen LogP contribution in [-0.2, 0) is 16.0 Å². The number of anilines is 1. The van der Waals surface area contributed by atoms with E-state index < -0.39 is 12.1 Å². The molecule has 44 heavy (non-hydrogen) atoms. The van der Waals surface area contributed by atoms with Gasteiger partial charge in [0.05, 0.1) is 28.7 Å². The molecule has 4 amide bonds. The maximum absolute atomic E-state index is 14.4. The van der Waals surface area contributed by atoms with E-state index in [1.807, 2.05) is 77.4 Å². The van der Waals surface area contributed by atoms with Crippen molar-refractivity contribution in [2.24, 2.45) is 0 Å². The molecule has 4 aromatic rings. The molecule has 1 aliphatic heterocycles. The number of benzene rings is 3. The number of carbonyl (C=O) groups is 4. The van der Waals surface area contributed by atoms with E-state index in [0.717, 1.165) is 11.1 Å². The first kappa shape index (κ1) is 30.1. The number of carboxylic acid groups (broad SMARTS) is 1. The Bertz CT molecular complexity index is 1650. The van der Waals surface area contributed by atoms with E-state index >= 15 is 0 Å². The van der Waals surface area contributed by atoms with E-state index in [9.17, 15) is 24.3 Å². The third-order valence-electron chi connectivity index (χ3n) is 7.73. The van der Waals surface area contributed by atoms with Crippen LogP contribution in [0.15, 0.2) is 97.2 Å². The van der Waals surface area contributed by atoms with Gasteiger partial charge in [0.2, 0.25) is 11.8 Å². The summed E-state index contributed by atoms with van der Waals surface area (Å²) in [6.07, 6.45) is 1.31. The van der Waals surface area contributed by atoms with Crippen molar-refractivity contribution in [3.05, 3.63) is 108 Å². The number of carbonyl (C=O) groups excluding carboxylic acids is 3. The first-order valence-electron chi connectivity index (χ1n) is 14.5. The average Bonchev–Trinajstić information content (AvgIpc) is 3.46. The lowest BCUT2D eigenvalue weighted by Gasteiger charge is -2.40. The van der Waals surface area contributed by atoms with E-state index in [4.69, 9.17) is 0 Å². The molecule has 0 spiro atoms. The zero-order valence-electron chi connectivity index (χ0n) is 24.6. The van der Waals surface area contributed by atoms with Crippen molar-refractivity contribution in [2.45, 2.75) is 32.4 Å². The fourth-order valence-electron chi connectivity index (χ4n) is 5.61. The second kappa shape index (κ2) is 13.3. The molecule has 2 atom stereocenters. The first-order valence-corrected chi connectivity index (χ1v) is 14.5. The number of rotatable bonds is 8. The molecule has 0 saturated carbocycles. The van der Waals surface area contributed by atoms with Gasteiger partial charge < -0.3 is 30.1 Å². The third-order valence-corrected chi connectivity index (χ3v) is 7.73. The summed E-state index contributed by atoms with van der Waals surface area (Å²) < 4.78 is 1.88. The van der Waals surface area contributed by atoms with Gasteiger partial charge in [-0.2, -0.15) is 0 Å². The molecule has 226 valence electrons. The highest BCUT2D eigenvalue weighted by atomic mass is 16.4. The number of nitrogens with zero attached hydrogens (tertiary/aromatic N) is 3. The number of para-hydroxylation sites is 2. The molecule has 1 saturated heterocycles. The van der Waals surface area contributed by atoms with Gasteiger partial charge in [-0.3, -0.25) is 14.4 Å². The Morgan fingerprint density at radius 3 is 2.23 bits per heavy atom. The molecule has 3 N–H and O–H groups in total. The SMILES string of the molecule is CC(=O)NC(C)C(=O)Nc1ccccc1-n1ccc(C(=O)N2CCN(C(=O)O)C[C@H]2Cc2ccccc2)c1-c1ccccc1. The summed E-state index contributed by atoms with van der Waals surface area (Å²) >= 11 is 0. The van der Waals surface area contributed by atoms with Crippen LogP contribution in [0.1, 0.15) is 29.8 Å². The highest BCUT2D eigenvalue weighted by molar-refractivity contribution is 6.02. The molecule has 0 bridgehead atoms. The Balaban J connectivity index is 1.54. The lowest BCUT2D eigenvalue weighted by molar-refractivity contribution is -0.124. The van der Waals surface area contributed by atoms with Gasteiger partial charge in [-0.15, -0.1) is 0 Å². The molecule has 1 unspecified atom stereocenters. The van der Waals surface area contributed by atoms with Crippen LogP contribution in [0.2, 0.25) is 0 Å². The second-order valence-electron chi connectivity index (χ2n) is 10.8. The Morgan fingerprint density at radius 2 is 1.55 bits per heavy atom. The van der Waals surface area contributed by atoms with Crippen LogP contribution in [0.25, 0.3) is 16.9 Å². The van der Waals surface area contributed by atoms with Gasteiger partial charge in [0.25, 0.3) is 5.91 Å². The molecule has 1 aliphatic rings. The van der Waals surface area contributed by atoms with E-state index in [1.165, 1.54) is 11.8 Å². The van der Waals surface area contributed by atoms with Crippen molar-refractivity contribution in [3.8, 4) is 16.9 Å². The molecule has 0 radical (unpaired) electrons. The predicted molar refractivity (Wildman–Crippen MR) is 168 cm³/mol. The third kappa shape index (κ3) is 6.64. The maximum atomic E-state index is 14.4. The zero-order chi connectivity index (χ0) is 31.2. The minimum Gasteiger partial charge on any atom is -0.465 e. The van der Waals surface area contributed by atoms with Crippen molar-refractivity contribution >= 4 is 29.5 Å². The van der Waals surface area contributed by atoms with Gasteiger partial charge in [0.1, 0.15) is 6.04 Å². The van der Waals surface area contributed by atoms with Crippen molar-refractivity contribution in [2.75, 3.05) is 25.0 Å². The van der Waals surface area contributed by atoms with Crippen LogP contribution in [-0.4, -0.2) is 75.0 Å². The molecular formula is C34H35N5O5. The fourth-order valence-corrected chi connectivity index (χ4v) is 5.61. The van der Waals surface area contributed by atoms with Gasteiger partial charge in [-0.05, 0) is 42.7 Å². The van der Waals surface area contributed by atoms with Crippen LogP contribution in [0.4, 0.5) is 10.5 Å². The highest BCUT2D eigenvalue weighted by Gasteiger charge is 2.35. The molecule has 2 heterocycles. The van der Waals surface area contributed by atoms with Crippen molar-refractivity contribution < 1.29 is 24.3 Å². The normalized spacial score (nSPS) is 15.4. The van der Waals surface area contributed by atoms with E-state index in [1.54, 1.807) is 36.2 Å². The number of hydrogen-bond donors (Lipinski definition) is 3. The number of hydrogen-bond acceptors (Lipinski definition) is 4. The van der Waals surface area contributed by atoms with Gasteiger partial charge in [0.15, 0.2) is 0 Å². The largest absolute Gasteiger partial charge is 0.465 e. The van der Waals surface area contributed by atoms with Crippen LogP contribution in [0.3, 0.4) is 0 Å². The van der Waals surface area contributed by atoms with Gasteiger partial charge >= 0.3 is 6.09 Å². The summed E-state index contributed by atoms with van der Waals surface area (Å²) in [5.74, 6) is -0.887. The average molecular weight is 594 g/mol. The lowest BCUT2D eigenvalue weighted by atomic mass is 10.00. The van der Waals surface area contributed by atoms with Crippen molar-refractivity contribution in [1.82, 2.24) is 19.7 Å². The van der Waals surface area contributed by atoms with Crippen LogP contribution >= 0.6 is 0 Å². The Hall–Kier alpha value is -5.38. The number of nitrogens with one attached hydrogen (secondary N) is 2. The quantitative estimate of drug-likeness (QED) is 0.274. The Kier molecular flexibility index (Phi) is 9.09. The number of amides is 4. The van der Waals surface area contributed by atoms with Gasteiger partial charge in [-0.25, -0.2) is 4.79 Å². The summed E-state index contributed by atoms with van der Waals surface area (Å²) in [5, 5.41) is 15.2. The second-order valence-corrected chi connectivity index (χ2v) is 10.8. The minimum absolute atomic E-state index is 0.200. The minimum atomic E-state index is -1.00. The smallest absolute Gasteiger partial charge is 0.407 e. The molecule has 1 fully saturated rings.